The SMILES string of the molecule is CCC(Cc1ccc(O)cn1)NC(C)C. The molecule has 0 aliphatic heterocycles. The van der Waals surface area contributed by atoms with E-state index in [9.17, 15) is 0 Å². The van der Waals surface area contributed by atoms with Crippen LogP contribution < -0.4 is 5.32 Å². The Morgan fingerprint density at radius 1 is 1.40 bits per heavy atom. The van der Waals surface area contributed by atoms with Crippen LogP contribution in [0.1, 0.15) is 32.9 Å². The van der Waals surface area contributed by atoms with Gasteiger partial charge in [-0.25, -0.2) is 0 Å². The Kier molecular flexibility index (Phi) is 4.56. The van der Waals surface area contributed by atoms with Crippen molar-refractivity contribution in [3.63, 3.8) is 0 Å². The first-order valence-corrected chi connectivity index (χ1v) is 5.51. The van der Waals surface area contributed by atoms with Crippen LogP contribution in [-0.2, 0) is 6.42 Å². The second kappa shape index (κ2) is 5.71. The highest BCUT2D eigenvalue weighted by Gasteiger charge is 2.08. The Bertz CT molecular complexity index is 282. The summed E-state index contributed by atoms with van der Waals surface area (Å²) in [5.41, 5.74) is 1.02. The number of aromatic nitrogens is 1. The zero-order valence-corrected chi connectivity index (χ0v) is 9.70. The molecule has 0 fully saturated rings. The number of hydrogen-bond donors (Lipinski definition) is 2. The Morgan fingerprint density at radius 2 is 2.13 bits per heavy atom. The normalized spacial score (nSPS) is 13.1. The van der Waals surface area contributed by atoms with Gasteiger partial charge in [-0.15, -0.1) is 0 Å². The first-order chi connectivity index (χ1) is 7.11. The van der Waals surface area contributed by atoms with Crippen LogP contribution in [0.15, 0.2) is 18.3 Å². The van der Waals surface area contributed by atoms with Gasteiger partial charge in [-0.3, -0.25) is 4.98 Å². The van der Waals surface area contributed by atoms with Gasteiger partial charge in [0.15, 0.2) is 0 Å². The highest BCUT2D eigenvalue weighted by atomic mass is 16.3. The minimum atomic E-state index is 0.226. The van der Waals surface area contributed by atoms with E-state index in [2.05, 4.69) is 31.1 Å². The quantitative estimate of drug-likeness (QED) is 0.779. The molecule has 84 valence electrons. The van der Waals surface area contributed by atoms with Crippen LogP contribution in [0.5, 0.6) is 5.75 Å². The summed E-state index contributed by atoms with van der Waals surface area (Å²) in [6, 6.07) is 4.51. The van der Waals surface area contributed by atoms with Crippen LogP contribution >= 0.6 is 0 Å². The summed E-state index contributed by atoms with van der Waals surface area (Å²) in [6.45, 7) is 6.46. The minimum Gasteiger partial charge on any atom is -0.506 e. The van der Waals surface area contributed by atoms with E-state index >= 15 is 0 Å². The van der Waals surface area contributed by atoms with Crippen molar-refractivity contribution in [3.05, 3.63) is 24.0 Å². The average molecular weight is 208 g/mol. The molecule has 15 heavy (non-hydrogen) atoms. The smallest absolute Gasteiger partial charge is 0.133 e. The van der Waals surface area contributed by atoms with Gasteiger partial charge in [0, 0.05) is 24.2 Å². The molecule has 0 bridgehead atoms. The zero-order valence-electron chi connectivity index (χ0n) is 9.70. The van der Waals surface area contributed by atoms with Crippen molar-refractivity contribution in [1.82, 2.24) is 10.3 Å². The Labute approximate surface area is 91.5 Å². The van der Waals surface area contributed by atoms with Crippen LogP contribution in [-0.4, -0.2) is 22.2 Å². The Balaban J connectivity index is 2.54. The standard InChI is InChI=1S/C12H20N2O/c1-4-10(14-9(2)3)7-11-5-6-12(15)8-13-11/h5-6,8-10,14-15H,4,7H2,1-3H3. The van der Waals surface area contributed by atoms with Crippen LogP contribution in [0.25, 0.3) is 0 Å². The van der Waals surface area contributed by atoms with Gasteiger partial charge in [0.2, 0.25) is 0 Å². The maximum absolute atomic E-state index is 9.12. The molecule has 1 rings (SSSR count). The molecule has 1 aromatic heterocycles. The molecule has 0 aliphatic carbocycles. The molecular formula is C12H20N2O. The van der Waals surface area contributed by atoms with Crippen LogP contribution in [0, 0.1) is 0 Å². The molecule has 0 aromatic carbocycles. The maximum Gasteiger partial charge on any atom is 0.133 e. The summed E-state index contributed by atoms with van der Waals surface area (Å²) in [5.74, 6) is 0.226. The number of pyridine rings is 1. The Hall–Kier alpha value is -1.09. The zero-order chi connectivity index (χ0) is 11.3. The molecule has 2 N–H and O–H groups in total. The van der Waals surface area contributed by atoms with Gasteiger partial charge in [-0.05, 0) is 18.6 Å². The van der Waals surface area contributed by atoms with Crippen molar-refractivity contribution in [2.45, 2.75) is 45.7 Å². The van der Waals surface area contributed by atoms with E-state index in [1.807, 2.05) is 6.07 Å². The van der Waals surface area contributed by atoms with Gasteiger partial charge < -0.3 is 10.4 Å². The van der Waals surface area contributed by atoms with Gasteiger partial charge in [-0.1, -0.05) is 20.8 Å². The van der Waals surface area contributed by atoms with Crippen molar-refractivity contribution in [2.75, 3.05) is 0 Å². The van der Waals surface area contributed by atoms with Crippen LogP contribution in [0.4, 0.5) is 0 Å². The second-order valence-electron chi connectivity index (χ2n) is 4.14. The molecule has 1 atom stereocenters. The minimum absolute atomic E-state index is 0.226. The number of aromatic hydroxyl groups is 1. The molecule has 0 amide bonds. The molecule has 0 saturated carbocycles. The van der Waals surface area contributed by atoms with E-state index in [1.54, 1.807) is 6.07 Å². The van der Waals surface area contributed by atoms with Gasteiger partial charge in [0.05, 0.1) is 6.20 Å². The molecule has 0 radical (unpaired) electrons. The van der Waals surface area contributed by atoms with Gasteiger partial charge in [-0.2, -0.15) is 0 Å². The third kappa shape index (κ3) is 4.30. The first kappa shape index (κ1) is 12.0. The van der Waals surface area contributed by atoms with E-state index < -0.39 is 0 Å². The second-order valence-corrected chi connectivity index (χ2v) is 4.14. The molecule has 0 aliphatic rings. The van der Waals surface area contributed by atoms with Gasteiger partial charge in [0.25, 0.3) is 0 Å². The fourth-order valence-corrected chi connectivity index (χ4v) is 1.58. The van der Waals surface area contributed by atoms with Gasteiger partial charge in [0.1, 0.15) is 5.75 Å². The lowest BCUT2D eigenvalue weighted by molar-refractivity contribution is 0.443. The topological polar surface area (TPSA) is 45.2 Å². The highest BCUT2D eigenvalue weighted by molar-refractivity contribution is 5.18. The van der Waals surface area contributed by atoms with E-state index in [0.717, 1.165) is 18.5 Å². The molecule has 1 unspecified atom stereocenters. The number of nitrogens with zero attached hydrogens (tertiary/aromatic N) is 1. The average Bonchev–Trinajstić information content (AvgIpc) is 2.19. The molecule has 1 aromatic rings. The monoisotopic (exact) mass is 208 g/mol. The molecular weight excluding hydrogens is 188 g/mol. The summed E-state index contributed by atoms with van der Waals surface area (Å²) >= 11 is 0. The lowest BCUT2D eigenvalue weighted by Crippen LogP contribution is -2.36. The van der Waals surface area contributed by atoms with Crippen molar-refractivity contribution in [3.8, 4) is 5.75 Å². The molecule has 0 saturated heterocycles. The third-order valence-corrected chi connectivity index (χ3v) is 2.33. The van der Waals surface area contributed by atoms with Crippen molar-refractivity contribution in [1.29, 1.82) is 0 Å². The summed E-state index contributed by atoms with van der Waals surface area (Å²) in [5, 5.41) is 12.6. The number of rotatable bonds is 5. The van der Waals surface area contributed by atoms with Crippen LogP contribution in [0.2, 0.25) is 0 Å². The van der Waals surface area contributed by atoms with Crippen molar-refractivity contribution in [2.24, 2.45) is 0 Å². The van der Waals surface area contributed by atoms with Crippen molar-refractivity contribution < 1.29 is 5.11 Å². The lowest BCUT2D eigenvalue weighted by atomic mass is 10.1. The fraction of sp³-hybridized carbons (Fsp3) is 0.583. The van der Waals surface area contributed by atoms with Crippen LogP contribution in [0.3, 0.4) is 0 Å². The molecule has 3 nitrogen and oxygen atoms in total. The third-order valence-electron chi connectivity index (χ3n) is 2.33. The summed E-state index contributed by atoms with van der Waals surface area (Å²) < 4.78 is 0. The van der Waals surface area contributed by atoms with E-state index in [1.165, 1.54) is 6.20 Å². The molecule has 3 heteroatoms. The van der Waals surface area contributed by atoms with E-state index in [0.29, 0.717) is 12.1 Å². The van der Waals surface area contributed by atoms with Gasteiger partial charge >= 0.3 is 0 Å². The van der Waals surface area contributed by atoms with E-state index in [-0.39, 0.29) is 5.75 Å². The maximum atomic E-state index is 9.12. The summed E-state index contributed by atoms with van der Waals surface area (Å²) in [6.07, 6.45) is 3.49. The largest absolute Gasteiger partial charge is 0.506 e. The summed E-state index contributed by atoms with van der Waals surface area (Å²) in [4.78, 5) is 4.18. The predicted molar refractivity (Wildman–Crippen MR) is 62.0 cm³/mol. The lowest BCUT2D eigenvalue weighted by Gasteiger charge is -2.19. The highest BCUT2D eigenvalue weighted by Crippen LogP contribution is 2.09. The number of nitrogens with one attached hydrogen (secondary N) is 1. The Morgan fingerprint density at radius 3 is 2.60 bits per heavy atom. The van der Waals surface area contributed by atoms with E-state index in [4.69, 9.17) is 5.11 Å². The molecule has 1 heterocycles. The predicted octanol–water partition coefficient (Wildman–Crippen LogP) is 2.11. The fourth-order valence-electron chi connectivity index (χ4n) is 1.58. The van der Waals surface area contributed by atoms with Crippen molar-refractivity contribution >= 4 is 0 Å². The first-order valence-electron chi connectivity index (χ1n) is 5.51. The summed E-state index contributed by atoms with van der Waals surface area (Å²) in [7, 11) is 0. The molecule has 0 spiro atoms. The number of hydrogen-bond acceptors (Lipinski definition) is 3.